The van der Waals surface area contributed by atoms with E-state index in [2.05, 4.69) is 26.8 Å². The Bertz CT molecular complexity index is 1140. The molecular formula is C23H20FN5O2. The van der Waals surface area contributed by atoms with Crippen LogP contribution in [-0.2, 0) is 0 Å². The Hall–Kier alpha value is -3.99. The van der Waals surface area contributed by atoms with Gasteiger partial charge in [-0.25, -0.2) is 14.4 Å². The maximum Gasteiger partial charge on any atom is 0.254 e. The molecule has 1 aliphatic heterocycles. The fraction of sp³-hybridized carbons (Fsp3) is 0.217. The number of piperazine rings is 1. The number of halogens is 1. The van der Waals surface area contributed by atoms with E-state index in [0.717, 1.165) is 0 Å². The van der Waals surface area contributed by atoms with Crippen molar-refractivity contribution in [1.82, 2.24) is 19.9 Å². The number of anilines is 1. The average Bonchev–Trinajstić information content (AvgIpc) is 2.84. The molecule has 3 heterocycles. The molecule has 1 aromatic carbocycles. The van der Waals surface area contributed by atoms with E-state index in [1.54, 1.807) is 42.6 Å². The quantitative estimate of drug-likeness (QED) is 0.610. The fourth-order valence-corrected chi connectivity index (χ4v) is 3.21. The van der Waals surface area contributed by atoms with Crippen LogP contribution in [0.25, 0.3) is 0 Å². The van der Waals surface area contributed by atoms with Gasteiger partial charge in [-0.2, -0.15) is 4.98 Å². The van der Waals surface area contributed by atoms with E-state index in [1.165, 1.54) is 18.2 Å². The second-order valence-corrected chi connectivity index (χ2v) is 6.84. The normalized spacial score (nSPS) is 13.4. The molecule has 1 amide bonds. The number of ether oxygens (including phenoxy) is 1. The topological polar surface area (TPSA) is 71.5 Å². The lowest BCUT2D eigenvalue weighted by atomic mass is 10.1. The molecule has 31 heavy (non-hydrogen) atoms. The van der Waals surface area contributed by atoms with Crippen molar-refractivity contribution in [3.05, 3.63) is 77.5 Å². The van der Waals surface area contributed by atoms with E-state index in [9.17, 15) is 9.18 Å². The summed E-state index contributed by atoms with van der Waals surface area (Å²) < 4.78 is 19.3. The lowest BCUT2D eigenvalue weighted by Crippen LogP contribution is -2.49. The summed E-state index contributed by atoms with van der Waals surface area (Å²) >= 11 is 0. The molecule has 1 fully saturated rings. The van der Waals surface area contributed by atoms with Gasteiger partial charge in [0, 0.05) is 50.2 Å². The van der Waals surface area contributed by atoms with Crippen molar-refractivity contribution in [3.8, 4) is 17.7 Å². The smallest absolute Gasteiger partial charge is 0.254 e. The van der Waals surface area contributed by atoms with E-state index in [0.29, 0.717) is 49.3 Å². The van der Waals surface area contributed by atoms with Crippen LogP contribution in [0.4, 0.5) is 10.3 Å². The van der Waals surface area contributed by atoms with E-state index in [4.69, 9.17) is 4.74 Å². The van der Waals surface area contributed by atoms with Gasteiger partial charge in [-0.15, -0.1) is 0 Å². The van der Waals surface area contributed by atoms with Gasteiger partial charge >= 0.3 is 0 Å². The van der Waals surface area contributed by atoms with Crippen molar-refractivity contribution in [2.45, 2.75) is 0 Å². The maximum absolute atomic E-state index is 14.2. The van der Waals surface area contributed by atoms with Gasteiger partial charge in [-0.1, -0.05) is 12.0 Å². The van der Waals surface area contributed by atoms with Crippen LogP contribution in [0.15, 0.2) is 54.9 Å². The van der Waals surface area contributed by atoms with Gasteiger partial charge < -0.3 is 14.5 Å². The highest BCUT2D eigenvalue weighted by Gasteiger charge is 2.24. The second kappa shape index (κ2) is 9.22. The number of benzene rings is 1. The zero-order valence-corrected chi connectivity index (χ0v) is 17.0. The maximum atomic E-state index is 14.2. The van der Waals surface area contributed by atoms with Crippen molar-refractivity contribution in [2.75, 3.05) is 38.2 Å². The van der Waals surface area contributed by atoms with Crippen LogP contribution >= 0.6 is 0 Å². The standard InChI is InChI=1S/C23H20FN5O2/c1-31-21-9-11-26-23(27-21)29-14-12-28(13-15-29)22(30)18-6-8-20(24)17(16-18)5-7-19-4-2-3-10-25-19/h2-4,6,8-11,16H,12-15H2,1H3. The minimum atomic E-state index is -0.472. The molecule has 0 spiro atoms. The number of amides is 1. The third kappa shape index (κ3) is 4.78. The molecule has 0 N–H and O–H groups in total. The van der Waals surface area contributed by atoms with Crippen LogP contribution in [-0.4, -0.2) is 59.0 Å². The molecule has 156 valence electrons. The number of rotatable bonds is 3. The molecule has 8 heteroatoms. The van der Waals surface area contributed by atoms with Crippen molar-refractivity contribution in [3.63, 3.8) is 0 Å². The lowest BCUT2D eigenvalue weighted by molar-refractivity contribution is 0.0746. The summed E-state index contributed by atoms with van der Waals surface area (Å²) in [6.07, 6.45) is 3.27. The number of hydrogen-bond acceptors (Lipinski definition) is 6. The Labute approximate surface area is 179 Å². The molecular weight excluding hydrogens is 397 g/mol. The predicted molar refractivity (Wildman–Crippen MR) is 113 cm³/mol. The Balaban J connectivity index is 1.45. The number of aromatic nitrogens is 3. The summed E-state index contributed by atoms with van der Waals surface area (Å²) in [5.74, 6) is 6.03. The molecule has 3 aromatic rings. The third-order valence-corrected chi connectivity index (χ3v) is 4.88. The number of carbonyl (C=O) groups excluding carboxylic acids is 1. The van der Waals surface area contributed by atoms with Gasteiger partial charge in [-0.05, 0) is 36.3 Å². The van der Waals surface area contributed by atoms with Gasteiger partial charge in [0.2, 0.25) is 11.8 Å². The molecule has 0 radical (unpaired) electrons. The fourth-order valence-electron chi connectivity index (χ4n) is 3.21. The molecule has 0 atom stereocenters. The van der Waals surface area contributed by atoms with Crippen LogP contribution in [0, 0.1) is 17.7 Å². The van der Waals surface area contributed by atoms with Crippen LogP contribution < -0.4 is 9.64 Å². The van der Waals surface area contributed by atoms with Crippen molar-refractivity contribution < 1.29 is 13.9 Å². The highest BCUT2D eigenvalue weighted by Crippen LogP contribution is 2.17. The van der Waals surface area contributed by atoms with Gasteiger partial charge in [-0.3, -0.25) is 4.79 Å². The molecule has 1 saturated heterocycles. The Morgan fingerprint density at radius 3 is 2.61 bits per heavy atom. The van der Waals surface area contributed by atoms with Gasteiger partial charge in [0.25, 0.3) is 5.91 Å². The van der Waals surface area contributed by atoms with E-state index < -0.39 is 5.82 Å². The van der Waals surface area contributed by atoms with Gasteiger partial charge in [0.1, 0.15) is 11.5 Å². The van der Waals surface area contributed by atoms with Crippen LogP contribution in [0.3, 0.4) is 0 Å². The first-order valence-corrected chi connectivity index (χ1v) is 9.78. The molecule has 4 rings (SSSR count). The van der Waals surface area contributed by atoms with Crippen LogP contribution in [0.1, 0.15) is 21.6 Å². The molecule has 7 nitrogen and oxygen atoms in total. The summed E-state index contributed by atoms with van der Waals surface area (Å²) in [5, 5.41) is 0. The van der Waals surface area contributed by atoms with E-state index in [1.807, 2.05) is 11.0 Å². The van der Waals surface area contributed by atoms with Crippen molar-refractivity contribution in [1.29, 1.82) is 0 Å². The number of methoxy groups -OCH3 is 1. The summed E-state index contributed by atoms with van der Waals surface area (Å²) in [6, 6.07) is 11.3. The highest BCUT2D eigenvalue weighted by atomic mass is 19.1. The monoisotopic (exact) mass is 417 g/mol. The van der Waals surface area contributed by atoms with Crippen molar-refractivity contribution >= 4 is 11.9 Å². The molecule has 1 aliphatic rings. The molecule has 2 aromatic heterocycles. The Kier molecular flexibility index (Phi) is 6.03. The minimum absolute atomic E-state index is 0.160. The number of carbonyl (C=O) groups is 1. The summed E-state index contributed by atoms with van der Waals surface area (Å²) in [7, 11) is 1.56. The zero-order valence-electron chi connectivity index (χ0n) is 17.0. The second-order valence-electron chi connectivity index (χ2n) is 6.84. The van der Waals surface area contributed by atoms with E-state index in [-0.39, 0.29) is 11.5 Å². The number of hydrogen-bond donors (Lipinski definition) is 0. The highest BCUT2D eigenvalue weighted by molar-refractivity contribution is 5.94. The first kappa shape index (κ1) is 20.3. The first-order chi connectivity index (χ1) is 15.1. The lowest BCUT2D eigenvalue weighted by Gasteiger charge is -2.34. The third-order valence-electron chi connectivity index (χ3n) is 4.88. The van der Waals surface area contributed by atoms with E-state index >= 15 is 0 Å². The van der Waals surface area contributed by atoms with Crippen LogP contribution in [0.5, 0.6) is 5.88 Å². The Morgan fingerprint density at radius 2 is 1.87 bits per heavy atom. The first-order valence-electron chi connectivity index (χ1n) is 9.78. The zero-order chi connectivity index (χ0) is 21.6. The predicted octanol–water partition coefficient (Wildman–Crippen LogP) is 2.38. The van der Waals surface area contributed by atoms with Gasteiger partial charge in [0.15, 0.2) is 0 Å². The minimum Gasteiger partial charge on any atom is -0.481 e. The number of pyridine rings is 1. The molecule has 0 unspecified atom stereocenters. The Morgan fingerprint density at radius 1 is 1.03 bits per heavy atom. The largest absolute Gasteiger partial charge is 0.481 e. The van der Waals surface area contributed by atoms with Crippen LogP contribution in [0.2, 0.25) is 0 Å². The molecule has 0 saturated carbocycles. The summed E-state index contributed by atoms with van der Waals surface area (Å²) in [5.41, 5.74) is 1.10. The summed E-state index contributed by atoms with van der Waals surface area (Å²) in [6.45, 7) is 2.19. The van der Waals surface area contributed by atoms with Gasteiger partial charge in [0.05, 0.1) is 12.7 Å². The SMILES string of the molecule is COc1ccnc(N2CCN(C(=O)c3ccc(F)c(C#Cc4ccccn4)c3)CC2)n1. The summed E-state index contributed by atoms with van der Waals surface area (Å²) in [4.78, 5) is 29.4. The van der Waals surface area contributed by atoms with Crippen molar-refractivity contribution in [2.24, 2.45) is 0 Å². The average molecular weight is 417 g/mol. The molecule has 0 aliphatic carbocycles. The molecule has 0 bridgehead atoms. The number of nitrogens with zero attached hydrogens (tertiary/aromatic N) is 5.